The minimum Gasteiger partial charge on any atom is -0.484 e. The van der Waals surface area contributed by atoms with E-state index in [0.29, 0.717) is 38.7 Å². The molecule has 0 radical (unpaired) electrons. The fourth-order valence-corrected chi connectivity index (χ4v) is 3.37. The third-order valence-corrected chi connectivity index (χ3v) is 5.18. The Morgan fingerprint density at radius 2 is 1.63 bits per heavy atom. The van der Waals surface area contributed by atoms with E-state index < -0.39 is 5.54 Å². The molecule has 1 aliphatic rings. The van der Waals surface area contributed by atoms with Crippen LogP contribution in [0.15, 0.2) is 54.2 Å². The summed E-state index contributed by atoms with van der Waals surface area (Å²) >= 11 is 17.6. The van der Waals surface area contributed by atoms with Gasteiger partial charge in [0.2, 0.25) is 0 Å². The smallest absolute Gasteiger partial charge is 0.262 e. The molecule has 0 fully saturated rings. The van der Waals surface area contributed by atoms with E-state index in [1.54, 1.807) is 42.5 Å². The topological polar surface area (TPSA) is 76.7 Å². The summed E-state index contributed by atoms with van der Waals surface area (Å²) in [5.74, 6) is 0.368. The van der Waals surface area contributed by atoms with Crippen LogP contribution in [-0.4, -0.2) is 30.6 Å². The van der Waals surface area contributed by atoms with Crippen LogP contribution in [0, 0.1) is 0 Å². The summed E-state index contributed by atoms with van der Waals surface area (Å²) in [6.45, 7) is 1.54. The van der Waals surface area contributed by atoms with E-state index in [0.717, 1.165) is 0 Å². The Morgan fingerprint density at radius 1 is 0.967 bits per heavy atom. The first-order chi connectivity index (χ1) is 14.2. The number of halogens is 3. The number of rotatable bonds is 8. The molecule has 9 heteroatoms. The molecule has 0 heterocycles. The van der Waals surface area contributed by atoms with Crippen LogP contribution in [0.5, 0.6) is 11.5 Å². The maximum absolute atomic E-state index is 12.1. The van der Waals surface area contributed by atoms with E-state index in [4.69, 9.17) is 44.3 Å². The maximum Gasteiger partial charge on any atom is 0.262 e. The minimum absolute atomic E-state index is 0.136. The van der Waals surface area contributed by atoms with Gasteiger partial charge in [0, 0.05) is 23.2 Å². The molecule has 0 bridgehead atoms. The van der Waals surface area contributed by atoms with Crippen LogP contribution < -0.4 is 20.1 Å². The molecule has 1 unspecified atom stereocenters. The van der Waals surface area contributed by atoms with E-state index >= 15 is 0 Å². The molecule has 3 rings (SSSR count). The molecule has 158 valence electrons. The van der Waals surface area contributed by atoms with Crippen LogP contribution in [0.3, 0.4) is 0 Å². The lowest BCUT2D eigenvalue weighted by atomic mass is 9.84. The normalized spacial score (nSPS) is 17.4. The third kappa shape index (κ3) is 6.29. The Hall–Kier alpha value is -2.41. The van der Waals surface area contributed by atoms with Gasteiger partial charge in [-0.15, -0.1) is 0 Å². The zero-order valence-electron chi connectivity index (χ0n) is 16.0. The highest BCUT2D eigenvalue weighted by Crippen LogP contribution is 2.29. The van der Waals surface area contributed by atoms with E-state index in [-0.39, 0.29) is 25.0 Å². The number of amides is 2. The minimum atomic E-state index is -0.554. The van der Waals surface area contributed by atoms with Crippen molar-refractivity contribution in [3.63, 3.8) is 0 Å². The lowest BCUT2D eigenvalue weighted by molar-refractivity contribution is -0.124. The molecule has 0 saturated carbocycles. The number of nitrogens with one attached hydrogen (secondary N) is 2. The molecule has 0 spiro atoms. The van der Waals surface area contributed by atoms with Crippen molar-refractivity contribution in [3.8, 4) is 11.5 Å². The van der Waals surface area contributed by atoms with E-state index in [2.05, 4.69) is 10.6 Å². The predicted molar refractivity (Wildman–Crippen MR) is 116 cm³/mol. The van der Waals surface area contributed by atoms with Gasteiger partial charge in [-0.3, -0.25) is 9.59 Å². The van der Waals surface area contributed by atoms with Gasteiger partial charge in [-0.25, -0.2) is 0 Å². The molecule has 2 N–H and O–H groups in total. The Bertz CT molecular complexity index is 996. The van der Waals surface area contributed by atoms with Crippen molar-refractivity contribution < 1.29 is 19.1 Å². The van der Waals surface area contributed by atoms with E-state index in [9.17, 15) is 9.59 Å². The quantitative estimate of drug-likeness (QED) is 0.601. The number of carbonyl (C=O) groups excluding carboxylic acids is 2. The molecule has 30 heavy (non-hydrogen) atoms. The largest absolute Gasteiger partial charge is 0.484 e. The van der Waals surface area contributed by atoms with Crippen LogP contribution in [0.4, 0.5) is 0 Å². The van der Waals surface area contributed by atoms with Crippen LogP contribution in [-0.2, 0) is 9.59 Å². The van der Waals surface area contributed by atoms with Gasteiger partial charge in [-0.05, 0) is 43.3 Å². The summed E-state index contributed by atoms with van der Waals surface area (Å²) in [6.07, 6.45) is 2.26. The van der Waals surface area contributed by atoms with Gasteiger partial charge in [-0.2, -0.15) is 0 Å². The van der Waals surface area contributed by atoms with E-state index in [1.807, 2.05) is 6.92 Å². The summed E-state index contributed by atoms with van der Waals surface area (Å²) in [6, 6.07) is 11.6. The Labute approximate surface area is 189 Å². The first kappa shape index (κ1) is 22.3. The fraction of sp³-hybridized carbons (Fsp3) is 0.238. The van der Waals surface area contributed by atoms with Gasteiger partial charge in [-0.1, -0.05) is 40.9 Å². The predicted octanol–water partition coefficient (Wildman–Crippen LogP) is 4.38. The van der Waals surface area contributed by atoms with E-state index in [1.165, 1.54) is 6.07 Å². The number of benzene rings is 2. The van der Waals surface area contributed by atoms with Crippen molar-refractivity contribution in [2.75, 3.05) is 13.2 Å². The zero-order chi connectivity index (χ0) is 21.7. The molecule has 6 nitrogen and oxygen atoms in total. The van der Waals surface area contributed by atoms with Crippen molar-refractivity contribution in [1.29, 1.82) is 0 Å². The molecule has 0 saturated heterocycles. The number of carbonyl (C=O) groups is 2. The van der Waals surface area contributed by atoms with Crippen LogP contribution in [0.25, 0.3) is 0 Å². The molecular weight excluding hydrogens is 451 g/mol. The standard InChI is InChI=1S/C21H19Cl3N2O4/c1-21(26-20(28)12-30-15-4-2-3-13(22)7-15)9-14(10-21)25-19(27)11-29-16-5-6-17(23)18(24)8-16/h2-9H,10-12H2,1H3,(H,25,27)(H,26,28). The molecule has 2 amide bonds. The molecule has 0 aromatic heterocycles. The van der Waals surface area contributed by atoms with Crippen molar-refractivity contribution in [1.82, 2.24) is 10.6 Å². The summed E-state index contributed by atoms with van der Waals surface area (Å²) in [7, 11) is 0. The van der Waals surface area contributed by atoms with Crippen molar-refractivity contribution >= 4 is 46.6 Å². The maximum atomic E-state index is 12.1. The molecule has 2 aromatic carbocycles. The first-order valence-corrected chi connectivity index (χ1v) is 10.1. The average Bonchev–Trinajstić information content (AvgIpc) is 2.66. The van der Waals surface area contributed by atoms with Crippen LogP contribution in [0.2, 0.25) is 15.1 Å². The summed E-state index contributed by atoms with van der Waals surface area (Å²) in [4.78, 5) is 24.2. The van der Waals surface area contributed by atoms with Gasteiger partial charge in [0.15, 0.2) is 13.2 Å². The van der Waals surface area contributed by atoms with Crippen LogP contribution >= 0.6 is 34.8 Å². The highest BCUT2D eigenvalue weighted by Gasteiger charge is 2.34. The SMILES string of the molecule is CC1(NC(=O)COc2cccc(Cl)c2)C=C(NC(=O)COc2ccc(Cl)c(Cl)c2)C1. The molecule has 1 atom stereocenters. The summed E-state index contributed by atoms with van der Waals surface area (Å²) in [5.41, 5.74) is 0.151. The van der Waals surface area contributed by atoms with Crippen LogP contribution in [0.1, 0.15) is 13.3 Å². The third-order valence-electron chi connectivity index (χ3n) is 4.20. The van der Waals surface area contributed by atoms with Crippen molar-refractivity contribution in [2.45, 2.75) is 18.9 Å². The number of hydrogen-bond acceptors (Lipinski definition) is 4. The molecule has 0 aliphatic heterocycles. The fourth-order valence-electron chi connectivity index (χ4n) is 2.90. The van der Waals surface area contributed by atoms with Crippen molar-refractivity contribution in [2.24, 2.45) is 0 Å². The summed E-state index contributed by atoms with van der Waals surface area (Å²) in [5, 5.41) is 6.90. The Kier molecular flexibility index (Phi) is 7.13. The van der Waals surface area contributed by atoms with Gasteiger partial charge >= 0.3 is 0 Å². The second kappa shape index (κ2) is 9.60. The van der Waals surface area contributed by atoms with Gasteiger partial charge in [0.05, 0.1) is 15.6 Å². The Balaban J connectivity index is 1.41. The highest BCUT2D eigenvalue weighted by atomic mass is 35.5. The van der Waals surface area contributed by atoms with Gasteiger partial charge in [0.25, 0.3) is 11.8 Å². The van der Waals surface area contributed by atoms with Gasteiger partial charge < -0.3 is 20.1 Å². The number of hydrogen-bond donors (Lipinski definition) is 2. The lowest BCUT2D eigenvalue weighted by Gasteiger charge is -2.37. The highest BCUT2D eigenvalue weighted by molar-refractivity contribution is 6.42. The first-order valence-electron chi connectivity index (χ1n) is 9.01. The monoisotopic (exact) mass is 468 g/mol. The molecule has 2 aromatic rings. The van der Waals surface area contributed by atoms with Gasteiger partial charge in [0.1, 0.15) is 11.5 Å². The second-order valence-corrected chi connectivity index (χ2v) is 8.22. The zero-order valence-corrected chi connectivity index (χ0v) is 18.3. The average molecular weight is 470 g/mol. The van der Waals surface area contributed by atoms with Crippen molar-refractivity contribution in [3.05, 3.63) is 69.3 Å². The molecule has 1 aliphatic carbocycles. The Morgan fingerprint density at radius 3 is 2.30 bits per heavy atom. The molecular formula is C21H19Cl3N2O4. The summed E-state index contributed by atoms with van der Waals surface area (Å²) < 4.78 is 10.8. The lowest BCUT2D eigenvalue weighted by Crippen LogP contribution is -2.53. The second-order valence-electron chi connectivity index (χ2n) is 6.97. The number of ether oxygens (including phenoxy) is 2.